The van der Waals surface area contributed by atoms with Gasteiger partial charge in [0, 0.05) is 6.54 Å². The van der Waals surface area contributed by atoms with E-state index < -0.39 is 5.60 Å². The normalized spacial score (nSPS) is 34.1. The summed E-state index contributed by atoms with van der Waals surface area (Å²) < 4.78 is 0. The van der Waals surface area contributed by atoms with Crippen LogP contribution in [0.3, 0.4) is 0 Å². The molecule has 1 heterocycles. The predicted octanol–water partition coefficient (Wildman–Crippen LogP) is 1.15. The third-order valence-corrected chi connectivity index (χ3v) is 2.65. The molecule has 0 amide bonds. The Hall–Kier alpha value is -0.0800. The van der Waals surface area contributed by atoms with E-state index >= 15 is 0 Å². The second kappa shape index (κ2) is 3.55. The number of hydrogen-bond donors (Lipinski definition) is 2. The van der Waals surface area contributed by atoms with Crippen LogP contribution in [0.4, 0.5) is 0 Å². The summed E-state index contributed by atoms with van der Waals surface area (Å²) in [5.74, 6) is 0.653. The lowest BCUT2D eigenvalue weighted by molar-refractivity contribution is 0.0369. The Bertz CT molecular complexity index is 119. The van der Waals surface area contributed by atoms with Crippen molar-refractivity contribution in [3.8, 4) is 0 Å². The highest BCUT2D eigenvalue weighted by Crippen LogP contribution is 2.24. The van der Waals surface area contributed by atoms with E-state index in [1.54, 1.807) is 0 Å². The fourth-order valence-corrected chi connectivity index (χ4v) is 1.70. The average Bonchev–Trinajstić information content (AvgIpc) is 2.36. The van der Waals surface area contributed by atoms with Crippen molar-refractivity contribution in [3.63, 3.8) is 0 Å². The zero-order chi connectivity index (χ0) is 8.32. The predicted molar refractivity (Wildman–Crippen MR) is 46.5 cm³/mol. The zero-order valence-electron chi connectivity index (χ0n) is 7.56. The Morgan fingerprint density at radius 2 is 2.36 bits per heavy atom. The van der Waals surface area contributed by atoms with Crippen LogP contribution in [0.15, 0.2) is 0 Å². The summed E-state index contributed by atoms with van der Waals surface area (Å²) in [6, 6.07) is 0. The first kappa shape index (κ1) is 9.01. The van der Waals surface area contributed by atoms with Gasteiger partial charge in [0.05, 0.1) is 5.60 Å². The molecule has 2 atom stereocenters. The topological polar surface area (TPSA) is 32.3 Å². The van der Waals surface area contributed by atoms with E-state index in [0.29, 0.717) is 5.92 Å². The second-order valence-corrected chi connectivity index (χ2v) is 3.87. The first-order valence-electron chi connectivity index (χ1n) is 4.59. The van der Waals surface area contributed by atoms with Crippen molar-refractivity contribution < 1.29 is 5.11 Å². The van der Waals surface area contributed by atoms with Crippen molar-refractivity contribution in [2.75, 3.05) is 13.1 Å². The minimum atomic E-state index is -0.393. The van der Waals surface area contributed by atoms with E-state index in [4.69, 9.17) is 0 Å². The van der Waals surface area contributed by atoms with Crippen LogP contribution in [-0.4, -0.2) is 23.8 Å². The number of aliphatic hydroxyl groups is 1. The number of rotatable bonds is 3. The van der Waals surface area contributed by atoms with Gasteiger partial charge in [-0.15, -0.1) is 0 Å². The van der Waals surface area contributed by atoms with E-state index in [9.17, 15) is 5.11 Å². The summed E-state index contributed by atoms with van der Waals surface area (Å²) in [4.78, 5) is 0. The molecule has 1 fully saturated rings. The van der Waals surface area contributed by atoms with Crippen molar-refractivity contribution >= 4 is 0 Å². The van der Waals surface area contributed by atoms with Crippen LogP contribution in [0.2, 0.25) is 0 Å². The van der Waals surface area contributed by atoms with Crippen molar-refractivity contribution in [1.29, 1.82) is 0 Å². The fourth-order valence-electron chi connectivity index (χ4n) is 1.70. The van der Waals surface area contributed by atoms with Gasteiger partial charge in [0.2, 0.25) is 0 Å². The molecule has 0 aromatic heterocycles. The number of hydrogen-bond acceptors (Lipinski definition) is 2. The largest absolute Gasteiger partial charge is 0.389 e. The third kappa shape index (κ3) is 2.46. The molecule has 66 valence electrons. The van der Waals surface area contributed by atoms with E-state index in [2.05, 4.69) is 19.2 Å². The fraction of sp³-hybridized carbons (Fsp3) is 1.00. The summed E-state index contributed by atoms with van der Waals surface area (Å²) in [7, 11) is 0. The molecule has 1 saturated heterocycles. The monoisotopic (exact) mass is 157 g/mol. The molecule has 2 nitrogen and oxygen atoms in total. The lowest BCUT2D eigenvalue weighted by atomic mass is 9.89. The van der Waals surface area contributed by atoms with E-state index in [1.165, 1.54) is 6.42 Å². The third-order valence-electron chi connectivity index (χ3n) is 2.65. The van der Waals surface area contributed by atoms with Crippen LogP contribution in [0.25, 0.3) is 0 Å². The molecule has 0 radical (unpaired) electrons. The van der Waals surface area contributed by atoms with Crippen molar-refractivity contribution in [3.05, 3.63) is 0 Å². The highest BCUT2D eigenvalue weighted by Gasteiger charge is 2.31. The quantitative estimate of drug-likeness (QED) is 0.644. The van der Waals surface area contributed by atoms with Gasteiger partial charge in [0.15, 0.2) is 0 Å². The molecule has 0 aromatic carbocycles. The molecular weight excluding hydrogens is 138 g/mol. The van der Waals surface area contributed by atoms with Gasteiger partial charge in [-0.1, -0.05) is 20.3 Å². The maximum absolute atomic E-state index is 9.93. The molecule has 1 rings (SSSR count). The highest BCUT2D eigenvalue weighted by molar-refractivity contribution is 4.88. The molecule has 0 aromatic rings. The van der Waals surface area contributed by atoms with Crippen LogP contribution in [0.1, 0.15) is 33.1 Å². The average molecular weight is 157 g/mol. The van der Waals surface area contributed by atoms with Crippen LogP contribution in [-0.2, 0) is 0 Å². The highest BCUT2D eigenvalue weighted by atomic mass is 16.3. The number of β-amino-alcohol motifs (C(OH)–C–C–N with tert-alkyl or cyclic N) is 1. The van der Waals surface area contributed by atoms with Gasteiger partial charge >= 0.3 is 0 Å². The molecule has 1 aliphatic rings. The molecule has 2 N–H and O–H groups in total. The first-order valence-corrected chi connectivity index (χ1v) is 4.59. The zero-order valence-corrected chi connectivity index (χ0v) is 7.56. The molecule has 0 bridgehead atoms. The lowest BCUT2D eigenvalue weighted by Gasteiger charge is -2.24. The van der Waals surface area contributed by atoms with Gasteiger partial charge in [-0.3, -0.25) is 0 Å². The Kier molecular flexibility index (Phi) is 2.90. The summed E-state index contributed by atoms with van der Waals surface area (Å²) in [6.45, 7) is 6.15. The molecule has 2 unspecified atom stereocenters. The molecule has 0 saturated carbocycles. The summed E-state index contributed by atoms with van der Waals surface area (Å²) >= 11 is 0. The summed E-state index contributed by atoms with van der Waals surface area (Å²) in [6.07, 6.45) is 3.05. The van der Waals surface area contributed by atoms with Gasteiger partial charge < -0.3 is 10.4 Å². The Balaban J connectivity index is 2.33. The van der Waals surface area contributed by atoms with Gasteiger partial charge in [0.1, 0.15) is 0 Å². The minimum Gasteiger partial charge on any atom is -0.389 e. The Morgan fingerprint density at radius 1 is 1.64 bits per heavy atom. The molecule has 2 heteroatoms. The minimum absolute atomic E-state index is 0.393. The van der Waals surface area contributed by atoms with Crippen molar-refractivity contribution in [2.45, 2.75) is 38.7 Å². The summed E-state index contributed by atoms with van der Waals surface area (Å²) in [5, 5.41) is 13.1. The van der Waals surface area contributed by atoms with Crippen LogP contribution < -0.4 is 5.32 Å². The summed E-state index contributed by atoms with van der Waals surface area (Å²) in [5.41, 5.74) is -0.393. The SMILES string of the molecule is CCC(C)CC1(O)CCNC1. The maximum atomic E-state index is 9.93. The molecule has 0 aliphatic carbocycles. The van der Waals surface area contributed by atoms with Gasteiger partial charge in [-0.05, 0) is 25.3 Å². The van der Waals surface area contributed by atoms with E-state index in [0.717, 1.165) is 25.9 Å². The standard InChI is InChI=1S/C9H19NO/c1-3-8(2)6-9(11)4-5-10-7-9/h8,10-11H,3-7H2,1-2H3. The van der Waals surface area contributed by atoms with Gasteiger partial charge in [-0.2, -0.15) is 0 Å². The second-order valence-electron chi connectivity index (χ2n) is 3.87. The van der Waals surface area contributed by atoms with Crippen LogP contribution in [0.5, 0.6) is 0 Å². The maximum Gasteiger partial charge on any atom is 0.0786 e. The van der Waals surface area contributed by atoms with E-state index in [-0.39, 0.29) is 0 Å². The molecule has 11 heavy (non-hydrogen) atoms. The number of nitrogens with one attached hydrogen (secondary N) is 1. The first-order chi connectivity index (χ1) is 5.16. The smallest absolute Gasteiger partial charge is 0.0786 e. The van der Waals surface area contributed by atoms with Crippen LogP contribution >= 0.6 is 0 Å². The molecule has 1 aliphatic heterocycles. The van der Waals surface area contributed by atoms with Crippen molar-refractivity contribution in [2.24, 2.45) is 5.92 Å². The van der Waals surface area contributed by atoms with Gasteiger partial charge in [-0.25, -0.2) is 0 Å². The molecular formula is C9H19NO. The Morgan fingerprint density at radius 3 is 2.82 bits per heavy atom. The van der Waals surface area contributed by atoms with Gasteiger partial charge in [0.25, 0.3) is 0 Å². The lowest BCUT2D eigenvalue weighted by Crippen LogP contribution is -2.33. The van der Waals surface area contributed by atoms with E-state index in [1.807, 2.05) is 0 Å². The van der Waals surface area contributed by atoms with Crippen LogP contribution in [0, 0.1) is 5.92 Å². The Labute approximate surface area is 69.0 Å². The van der Waals surface area contributed by atoms with Crippen molar-refractivity contribution in [1.82, 2.24) is 5.32 Å². The molecule has 0 spiro atoms.